The molecule has 1 heterocycles. The van der Waals surface area contributed by atoms with Gasteiger partial charge >= 0.3 is 5.97 Å². The van der Waals surface area contributed by atoms with Crippen LogP contribution in [-0.4, -0.2) is 30.4 Å². The predicted octanol–water partition coefficient (Wildman–Crippen LogP) is 4.07. The molecule has 0 atom stereocenters. The second kappa shape index (κ2) is 7.67. The van der Waals surface area contributed by atoms with Gasteiger partial charge in [0.1, 0.15) is 5.75 Å². The molecular weight excluding hydrogens is 332 g/mol. The first kappa shape index (κ1) is 17.4. The lowest BCUT2D eigenvalue weighted by molar-refractivity contribution is 0.0600. The fraction of sp³-hybridized carbons (Fsp3) is 0.100. The van der Waals surface area contributed by atoms with Crippen LogP contribution in [0.2, 0.25) is 0 Å². The number of pyridine rings is 1. The second-order valence-corrected chi connectivity index (χ2v) is 5.45. The number of hydrogen-bond donors (Lipinski definition) is 1. The van der Waals surface area contributed by atoms with Crippen LogP contribution in [0.15, 0.2) is 66.9 Å². The molecule has 0 aliphatic rings. The monoisotopic (exact) mass is 350 g/mol. The average molecular weight is 350 g/mol. The van der Waals surface area contributed by atoms with Crippen molar-refractivity contribution in [3.63, 3.8) is 0 Å². The van der Waals surface area contributed by atoms with Crippen molar-refractivity contribution in [1.29, 1.82) is 0 Å². The largest absolute Gasteiger partial charge is 0.497 e. The molecule has 0 radical (unpaired) electrons. The van der Waals surface area contributed by atoms with E-state index in [9.17, 15) is 10.0 Å². The summed E-state index contributed by atoms with van der Waals surface area (Å²) in [5, 5.41) is 11.8. The fourth-order valence-electron chi connectivity index (χ4n) is 2.55. The molecule has 0 spiro atoms. The minimum atomic E-state index is -0.434. The number of benzene rings is 2. The third-order valence-electron chi connectivity index (χ3n) is 3.91. The SMILES string of the molecule is COC(=O)c1ccc(N(O)c2cc(OC)ccc2-c2ccccn2)cc1. The molecule has 2 aromatic carbocycles. The molecule has 0 amide bonds. The van der Waals surface area contributed by atoms with Crippen LogP contribution in [0.4, 0.5) is 11.4 Å². The molecule has 0 saturated heterocycles. The summed E-state index contributed by atoms with van der Waals surface area (Å²) in [5.41, 5.74) is 2.86. The van der Waals surface area contributed by atoms with Gasteiger partial charge in [0.05, 0.1) is 36.9 Å². The normalized spacial score (nSPS) is 10.3. The highest BCUT2D eigenvalue weighted by atomic mass is 16.5. The topological polar surface area (TPSA) is 71.9 Å². The number of carbonyl (C=O) groups is 1. The van der Waals surface area contributed by atoms with Gasteiger partial charge in [-0.25, -0.2) is 9.86 Å². The van der Waals surface area contributed by atoms with E-state index in [4.69, 9.17) is 4.74 Å². The summed E-state index contributed by atoms with van der Waals surface area (Å²) in [6.07, 6.45) is 1.69. The number of hydrogen-bond acceptors (Lipinski definition) is 6. The van der Waals surface area contributed by atoms with Gasteiger partial charge in [-0.1, -0.05) is 6.07 Å². The van der Waals surface area contributed by atoms with Gasteiger partial charge in [-0.2, -0.15) is 0 Å². The number of aromatic nitrogens is 1. The van der Waals surface area contributed by atoms with Crippen LogP contribution in [0.25, 0.3) is 11.3 Å². The van der Waals surface area contributed by atoms with Gasteiger partial charge in [-0.15, -0.1) is 0 Å². The van der Waals surface area contributed by atoms with Crippen LogP contribution in [0.3, 0.4) is 0 Å². The molecule has 0 bridgehead atoms. The third-order valence-corrected chi connectivity index (χ3v) is 3.91. The summed E-state index contributed by atoms with van der Waals surface area (Å²) in [6.45, 7) is 0. The maximum absolute atomic E-state index is 11.6. The molecule has 6 nitrogen and oxygen atoms in total. The molecule has 1 N–H and O–H groups in total. The maximum atomic E-state index is 11.6. The van der Waals surface area contributed by atoms with E-state index in [0.717, 1.165) is 16.3 Å². The van der Waals surface area contributed by atoms with Crippen LogP contribution in [0.5, 0.6) is 5.75 Å². The molecule has 6 heteroatoms. The summed E-state index contributed by atoms with van der Waals surface area (Å²) in [7, 11) is 2.89. The van der Waals surface area contributed by atoms with E-state index in [2.05, 4.69) is 9.72 Å². The number of methoxy groups -OCH3 is 2. The number of esters is 1. The molecule has 0 aliphatic heterocycles. The van der Waals surface area contributed by atoms with Crippen LogP contribution >= 0.6 is 0 Å². The lowest BCUT2D eigenvalue weighted by Crippen LogP contribution is -2.12. The summed E-state index contributed by atoms with van der Waals surface area (Å²) >= 11 is 0. The van der Waals surface area contributed by atoms with Crippen LogP contribution in [-0.2, 0) is 4.74 Å². The molecule has 132 valence electrons. The van der Waals surface area contributed by atoms with Crippen LogP contribution in [0.1, 0.15) is 10.4 Å². The van der Waals surface area contributed by atoms with E-state index in [1.54, 1.807) is 43.6 Å². The highest BCUT2D eigenvalue weighted by Crippen LogP contribution is 2.36. The van der Waals surface area contributed by atoms with Crippen molar-refractivity contribution in [2.45, 2.75) is 0 Å². The number of carbonyl (C=O) groups excluding carboxylic acids is 1. The molecule has 0 saturated carbocycles. The number of anilines is 2. The Labute approximate surface area is 151 Å². The van der Waals surface area contributed by atoms with E-state index in [1.165, 1.54) is 7.11 Å². The third kappa shape index (κ3) is 3.50. The van der Waals surface area contributed by atoms with Crippen LogP contribution in [0, 0.1) is 0 Å². The molecule has 3 rings (SSSR count). The molecular formula is C20H18N2O4. The quantitative estimate of drug-likeness (QED) is 0.552. The van der Waals surface area contributed by atoms with Crippen molar-refractivity contribution < 1.29 is 19.5 Å². The van der Waals surface area contributed by atoms with Crippen molar-refractivity contribution in [3.8, 4) is 17.0 Å². The summed E-state index contributed by atoms with van der Waals surface area (Å²) < 4.78 is 9.97. The van der Waals surface area contributed by atoms with Crippen molar-refractivity contribution in [2.75, 3.05) is 19.3 Å². The van der Waals surface area contributed by atoms with Crippen LogP contribution < -0.4 is 9.80 Å². The molecule has 0 fully saturated rings. The Morgan fingerprint density at radius 2 is 1.81 bits per heavy atom. The zero-order valence-corrected chi connectivity index (χ0v) is 14.4. The molecule has 26 heavy (non-hydrogen) atoms. The van der Waals surface area contributed by atoms with Gasteiger partial charge in [0, 0.05) is 17.8 Å². The van der Waals surface area contributed by atoms with E-state index >= 15 is 0 Å². The maximum Gasteiger partial charge on any atom is 0.337 e. The zero-order valence-electron chi connectivity index (χ0n) is 14.4. The highest BCUT2D eigenvalue weighted by Gasteiger charge is 2.16. The Hall–Kier alpha value is -3.38. The first-order valence-corrected chi connectivity index (χ1v) is 7.91. The Bertz CT molecular complexity index is 895. The lowest BCUT2D eigenvalue weighted by atomic mass is 10.1. The van der Waals surface area contributed by atoms with Gasteiger partial charge in [0.25, 0.3) is 0 Å². The standard InChI is InChI=1S/C20H18N2O4/c1-25-16-10-11-17(18-5-3-4-12-21-18)19(13-16)22(24)15-8-6-14(7-9-15)20(23)26-2/h3-13,24H,1-2H3. The molecule has 1 aromatic heterocycles. The summed E-state index contributed by atoms with van der Waals surface area (Å²) in [6, 6.07) is 17.4. The van der Waals surface area contributed by atoms with Crippen molar-refractivity contribution in [1.82, 2.24) is 4.98 Å². The Balaban J connectivity index is 2.02. The van der Waals surface area contributed by atoms with Gasteiger partial charge in [-0.3, -0.25) is 10.2 Å². The second-order valence-electron chi connectivity index (χ2n) is 5.45. The lowest BCUT2D eigenvalue weighted by Gasteiger charge is -2.21. The van der Waals surface area contributed by atoms with E-state index in [-0.39, 0.29) is 0 Å². The predicted molar refractivity (Wildman–Crippen MR) is 97.9 cm³/mol. The number of rotatable bonds is 5. The zero-order chi connectivity index (χ0) is 18.5. The Morgan fingerprint density at radius 3 is 2.42 bits per heavy atom. The Morgan fingerprint density at radius 1 is 1.04 bits per heavy atom. The first-order chi connectivity index (χ1) is 12.6. The minimum Gasteiger partial charge on any atom is -0.497 e. The summed E-state index contributed by atoms with van der Waals surface area (Å²) in [5.74, 6) is 0.168. The van der Waals surface area contributed by atoms with Gasteiger partial charge < -0.3 is 9.47 Å². The van der Waals surface area contributed by atoms with Gasteiger partial charge in [0.2, 0.25) is 0 Å². The first-order valence-electron chi connectivity index (χ1n) is 7.91. The highest BCUT2D eigenvalue weighted by molar-refractivity contribution is 5.90. The summed E-state index contributed by atoms with van der Waals surface area (Å²) in [4.78, 5) is 15.9. The average Bonchev–Trinajstić information content (AvgIpc) is 2.73. The molecule has 3 aromatic rings. The number of nitrogens with zero attached hydrogens (tertiary/aromatic N) is 2. The fourth-order valence-corrected chi connectivity index (χ4v) is 2.55. The van der Waals surface area contributed by atoms with Crippen molar-refractivity contribution in [2.24, 2.45) is 0 Å². The molecule has 0 unspecified atom stereocenters. The van der Waals surface area contributed by atoms with E-state index < -0.39 is 5.97 Å². The van der Waals surface area contributed by atoms with Gasteiger partial charge in [-0.05, 0) is 48.5 Å². The Kier molecular flexibility index (Phi) is 5.15. The minimum absolute atomic E-state index is 0.403. The smallest absolute Gasteiger partial charge is 0.337 e. The van der Waals surface area contributed by atoms with E-state index in [0.29, 0.717) is 22.7 Å². The van der Waals surface area contributed by atoms with Crippen molar-refractivity contribution in [3.05, 3.63) is 72.4 Å². The van der Waals surface area contributed by atoms with Crippen molar-refractivity contribution >= 4 is 17.3 Å². The van der Waals surface area contributed by atoms with Gasteiger partial charge in [0.15, 0.2) is 0 Å². The molecule has 0 aliphatic carbocycles. The number of ether oxygens (including phenoxy) is 2. The van der Waals surface area contributed by atoms with E-state index in [1.807, 2.05) is 30.3 Å².